The summed E-state index contributed by atoms with van der Waals surface area (Å²) in [6.07, 6.45) is -4.37. The summed E-state index contributed by atoms with van der Waals surface area (Å²) in [5, 5.41) is 10.2. The van der Waals surface area contributed by atoms with E-state index in [1.807, 2.05) is 0 Å². The maximum absolute atomic E-state index is 12.1. The third-order valence-electron chi connectivity index (χ3n) is 1.67. The molecular weight excluding hydrogens is 201 g/mol. The second-order valence-electron chi connectivity index (χ2n) is 2.70. The summed E-state index contributed by atoms with van der Waals surface area (Å²) < 4.78 is 40.9. The van der Waals surface area contributed by atoms with Crippen LogP contribution >= 0.6 is 0 Å². The third-order valence-corrected chi connectivity index (χ3v) is 1.67. The van der Waals surface area contributed by atoms with Gasteiger partial charge in [-0.05, 0) is 12.1 Å². The van der Waals surface area contributed by atoms with E-state index < -0.39 is 24.5 Å². The Balaban J connectivity index is 2.76. The number of aliphatic carboxylic acids is 1. The van der Waals surface area contributed by atoms with Crippen molar-refractivity contribution in [3.05, 3.63) is 24.2 Å². The molecule has 0 fully saturated rings. The topological polar surface area (TPSA) is 53.3 Å². The number of carboxylic acid groups (broad SMARTS) is 1. The second kappa shape index (κ2) is 3.73. The normalized spacial score (nSPS) is 13.9. The monoisotopic (exact) mass is 207 g/mol. The van der Waals surface area contributed by atoms with Crippen molar-refractivity contribution in [2.24, 2.45) is 5.92 Å². The van der Waals surface area contributed by atoms with Gasteiger partial charge in [0.1, 0.15) is 11.7 Å². The van der Waals surface area contributed by atoms with E-state index in [4.69, 9.17) is 0 Å². The van der Waals surface area contributed by atoms with Gasteiger partial charge < -0.3 is 14.3 Å². The predicted molar refractivity (Wildman–Crippen MR) is 37.0 cm³/mol. The molecule has 0 aliphatic heterocycles. The zero-order valence-electron chi connectivity index (χ0n) is 6.88. The largest absolute Gasteiger partial charge is 0.549 e. The molecule has 1 aromatic rings. The van der Waals surface area contributed by atoms with Gasteiger partial charge in [-0.1, -0.05) is 0 Å². The highest BCUT2D eigenvalue weighted by Gasteiger charge is 2.41. The minimum Gasteiger partial charge on any atom is -0.549 e. The maximum atomic E-state index is 12.1. The van der Waals surface area contributed by atoms with Crippen molar-refractivity contribution in [3.8, 4) is 0 Å². The van der Waals surface area contributed by atoms with E-state index in [-0.39, 0.29) is 5.76 Å². The minimum absolute atomic E-state index is 0.0310. The van der Waals surface area contributed by atoms with E-state index in [1.54, 1.807) is 0 Å². The van der Waals surface area contributed by atoms with Gasteiger partial charge in [-0.3, -0.25) is 0 Å². The lowest BCUT2D eigenvalue weighted by atomic mass is 10.0. The molecule has 0 bridgehead atoms. The SMILES string of the molecule is O=C([O-])[C@H](Cc1ccco1)C(F)(F)F. The summed E-state index contributed by atoms with van der Waals surface area (Å²) in [6.45, 7) is 0. The first-order valence-corrected chi connectivity index (χ1v) is 3.71. The molecule has 6 heteroatoms. The predicted octanol–water partition coefficient (Wildman–Crippen LogP) is 0.750. The quantitative estimate of drug-likeness (QED) is 0.734. The van der Waals surface area contributed by atoms with E-state index in [9.17, 15) is 23.1 Å². The van der Waals surface area contributed by atoms with Crippen molar-refractivity contribution in [3.63, 3.8) is 0 Å². The van der Waals surface area contributed by atoms with E-state index in [2.05, 4.69) is 4.42 Å². The average molecular weight is 207 g/mol. The molecule has 0 aromatic carbocycles. The Bertz CT molecular complexity index is 302. The molecule has 0 unspecified atom stereocenters. The summed E-state index contributed by atoms with van der Waals surface area (Å²) in [7, 11) is 0. The van der Waals surface area contributed by atoms with Gasteiger partial charge in [0, 0.05) is 6.42 Å². The van der Waals surface area contributed by atoms with E-state index in [0.717, 1.165) is 0 Å². The number of furan rings is 1. The van der Waals surface area contributed by atoms with Crippen LogP contribution in [0.3, 0.4) is 0 Å². The van der Waals surface area contributed by atoms with E-state index in [1.165, 1.54) is 18.4 Å². The summed E-state index contributed by atoms with van der Waals surface area (Å²) >= 11 is 0. The molecule has 1 atom stereocenters. The average Bonchev–Trinajstić information content (AvgIpc) is 2.48. The maximum Gasteiger partial charge on any atom is 0.397 e. The molecule has 3 nitrogen and oxygen atoms in total. The summed E-state index contributed by atoms with van der Waals surface area (Å²) in [5.74, 6) is -4.70. The first-order valence-electron chi connectivity index (χ1n) is 3.71. The van der Waals surface area contributed by atoms with Gasteiger partial charge in [0.2, 0.25) is 0 Å². The standard InChI is InChI=1S/C8H7F3O3/c9-8(10,11)6(7(12)13)4-5-2-1-3-14-5/h1-3,6H,4H2,(H,12,13)/p-1/t6-/m0/s1. The number of hydrogen-bond acceptors (Lipinski definition) is 3. The van der Waals surface area contributed by atoms with Gasteiger partial charge in [0.15, 0.2) is 0 Å². The van der Waals surface area contributed by atoms with Gasteiger partial charge in [-0.2, -0.15) is 13.2 Å². The fourth-order valence-electron chi connectivity index (χ4n) is 0.963. The highest BCUT2D eigenvalue weighted by Crippen LogP contribution is 2.28. The fourth-order valence-corrected chi connectivity index (χ4v) is 0.963. The van der Waals surface area contributed by atoms with E-state index in [0.29, 0.717) is 0 Å². The number of rotatable bonds is 3. The Hall–Kier alpha value is -1.46. The van der Waals surface area contributed by atoms with Crippen molar-refractivity contribution in [2.45, 2.75) is 12.6 Å². The van der Waals surface area contributed by atoms with Gasteiger partial charge in [-0.25, -0.2) is 0 Å². The first-order chi connectivity index (χ1) is 6.41. The first kappa shape index (κ1) is 10.6. The van der Waals surface area contributed by atoms with Crippen molar-refractivity contribution < 1.29 is 27.5 Å². The van der Waals surface area contributed by atoms with Crippen LogP contribution in [-0.4, -0.2) is 12.1 Å². The Labute approximate surface area is 77.1 Å². The van der Waals surface area contributed by atoms with Crippen LogP contribution in [0, 0.1) is 5.92 Å². The zero-order valence-corrected chi connectivity index (χ0v) is 6.88. The zero-order chi connectivity index (χ0) is 10.8. The van der Waals surface area contributed by atoms with Crippen LogP contribution in [0.25, 0.3) is 0 Å². The molecule has 0 aliphatic rings. The van der Waals surface area contributed by atoms with Gasteiger partial charge >= 0.3 is 6.18 Å². The number of carbonyl (C=O) groups excluding carboxylic acids is 1. The van der Waals surface area contributed by atoms with Crippen LogP contribution in [0.15, 0.2) is 22.8 Å². The molecule has 14 heavy (non-hydrogen) atoms. The summed E-state index contributed by atoms with van der Waals surface area (Å²) in [6, 6.07) is 2.67. The third kappa shape index (κ3) is 2.51. The van der Waals surface area contributed by atoms with Crippen molar-refractivity contribution in [1.29, 1.82) is 0 Å². The molecule has 0 spiro atoms. The van der Waals surface area contributed by atoms with Crippen LogP contribution in [0.1, 0.15) is 5.76 Å². The van der Waals surface area contributed by atoms with Crippen molar-refractivity contribution in [2.75, 3.05) is 0 Å². The fraction of sp³-hybridized carbons (Fsp3) is 0.375. The minimum atomic E-state index is -4.81. The van der Waals surface area contributed by atoms with Crippen LogP contribution in [0.2, 0.25) is 0 Å². The van der Waals surface area contributed by atoms with Crippen molar-refractivity contribution >= 4 is 5.97 Å². The van der Waals surface area contributed by atoms with Crippen LogP contribution in [-0.2, 0) is 11.2 Å². The molecule has 0 N–H and O–H groups in total. The molecule has 0 amide bonds. The highest BCUT2D eigenvalue weighted by molar-refractivity contribution is 5.68. The number of halogens is 3. The second-order valence-corrected chi connectivity index (χ2v) is 2.70. The molecule has 0 aliphatic carbocycles. The summed E-state index contributed by atoms with van der Waals surface area (Å²) in [5.41, 5.74) is 0. The van der Waals surface area contributed by atoms with Crippen LogP contribution in [0.5, 0.6) is 0 Å². The molecule has 0 saturated heterocycles. The Morgan fingerprint density at radius 2 is 2.21 bits per heavy atom. The number of alkyl halides is 3. The number of carbonyl (C=O) groups is 1. The molecule has 1 heterocycles. The smallest absolute Gasteiger partial charge is 0.397 e. The van der Waals surface area contributed by atoms with Crippen LogP contribution < -0.4 is 5.11 Å². The van der Waals surface area contributed by atoms with Gasteiger partial charge in [0.05, 0.1) is 12.2 Å². The lowest BCUT2D eigenvalue weighted by Gasteiger charge is -2.19. The van der Waals surface area contributed by atoms with E-state index >= 15 is 0 Å². The highest BCUT2D eigenvalue weighted by atomic mass is 19.4. The Morgan fingerprint density at radius 3 is 2.57 bits per heavy atom. The van der Waals surface area contributed by atoms with Crippen LogP contribution in [0.4, 0.5) is 13.2 Å². The Morgan fingerprint density at radius 1 is 1.57 bits per heavy atom. The van der Waals surface area contributed by atoms with Gasteiger partial charge in [-0.15, -0.1) is 0 Å². The summed E-state index contributed by atoms with van der Waals surface area (Å²) in [4.78, 5) is 10.2. The molecular formula is C8H6F3O3-. The van der Waals surface area contributed by atoms with Gasteiger partial charge in [0.25, 0.3) is 0 Å². The lowest BCUT2D eigenvalue weighted by Crippen LogP contribution is -2.41. The Kier molecular flexibility index (Phi) is 2.83. The number of carboxylic acids is 1. The molecule has 1 rings (SSSR count). The number of hydrogen-bond donors (Lipinski definition) is 0. The molecule has 1 aromatic heterocycles. The lowest BCUT2D eigenvalue weighted by molar-refractivity contribution is -0.326. The van der Waals surface area contributed by atoms with Crippen molar-refractivity contribution in [1.82, 2.24) is 0 Å². The molecule has 0 saturated carbocycles. The molecule has 78 valence electrons. The molecule has 0 radical (unpaired) electrons.